The smallest absolute Gasteiger partial charge is 0.113 e. The molecule has 2 aromatic rings. The lowest BCUT2D eigenvalue weighted by atomic mass is 9.90. The van der Waals surface area contributed by atoms with Gasteiger partial charge < -0.3 is 25.2 Å². The summed E-state index contributed by atoms with van der Waals surface area (Å²) >= 11 is 8.40. The average molecular weight is 465 g/mol. The van der Waals surface area contributed by atoms with Crippen LogP contribution in [0.25, 0.3) is 0 Å². The van der Waals surface area contributed by atoms with Crippen molar-refractivity contribution in [3.63, 3.8) is 0 Å². The molecule has 1 aliphatic carbocycles. The number of benzene rings is 2. The van der Waals surface area contributed by atoms with Crippen molar-refractivity contribution in [3.05, 3.63) is 64.2 Å². The van der Waals surface area contributed by atoms with Crippen LogP contribution in [0.5, 0.6) is 0 Å². The molecule has 7 heteroatoms. The van der Waals surface area contributed by atoms with Gasteiger partial charge in [0.2, 0.25) is 0 Å². The van der Waals surface area contributed by atoms with Crippen molar-refractivity contribution in [2.75, 3.05) is 6.61 Å². The van der Waals surface area contributed by atoms with Crippen LogP contribution in [0.3, 0.4) is 0 Å². The molecule has 5 atom stereocenters. The number of aliphatic hydroxyl groups excluding tert-OH is 4. The van der Waals surface area contributed by atoms with Gasteiger partial charge in [0.25, 0.3) is 0 Å². The summed E-state index contributed by atoms with van der Waals surface area (Å²) in [6.45, 7) is -0.451. The van der Waals surface area contributed by atoms with Crippen LogP contribution in [-0.4, -0.2) is 56.7 Å². The van der Waals surface area contributed by atoms with E-state index in [1.165, 1.54) is 30.6 Å². The number of hydrogen-bond acceptors (Lipinski definition) is 6. The first-order chi connectivity index (χ1) is 15.0. The van der Waals surface area contributed by atoms with E-state index in [0.717, 1.165) is 16.4 Å². The second-order valence-electron chi connectivity index (χ2n) is 8.45. The van der Waals surface area contributed by atoms with E-state index < -0.39 is 37.1 Å². The van der Waals surface area contributed by atoms with E-state index >= 15 is 0 Å². The zero-order valence-corrected chi connectivity index (χ0v) is 18.8. The second kappa shape index (κ2) is 10.2. The summed E-state index contributed by atoms with van der Waals surface area (Å²) in [6.07, 6.45) is 0.00213. The Labute approximate surface area is 192 Å². The Bertz CT molecular complexity index is 869. The van der Waals surface area contributed by atoms with E-state index in [4.69, 9.17) is 16.3 Å². The van der Waals surface area contributed by atoms with Crippen LogP contribution in [0.4, 0.5) is 0 Å². The molecule has 4 N–H and O–H groups in total. The number of halogens is 1. The molecule has 1 heterocycles. The van der Waals surface area contributed by atoms with Crippen LogP contribution in [0.1, 0.15) is 48.5 Å². The Kier molecular flexibility index (Phi) is 7.60. The normalized spacial score (nSPS) is 29.4. The number of ether oxygens (including phenoxy) is 1. The summed E-state index contributed by atoms with van der Waals surface area (Å²) in [5, 5.41) is 41.3. The molecule has 31 heavy (non-hydrogen) atoms. The topological polar surface area (TPSA) is 90.2 Å². The summed E-state index contributed by atoms with van der Waals surface area (Å²) in [6, 6.07) is 13.9. The molecular formula is C24H29ClO5S. The van der Waals surface area contributed by atoms with E-state index in [2.05, 4.69) is 24.3 Å². The first kappa shape index (κ1) is 23.1. The summed E-state index contributed by atoms with van der Waals surface area (Å²) < 4.78 is 5.68. The third-order valence-electron chi connectivity index (χ3n) is 6.21. The molecule has 0 bridgehead atoms. The maximum absolute atomic E-state index is 10.4. The minimum absolute atomic E-state index is 0.451. The summed E-state index contributed by atoms with van der Waals surface area (Å²) in [4.78, 5) is 1.29. The van der Waals surface area contributed by atoms with Crippen molar-refractivity contribution < 1.29 is 25.2 Å². The van der Waals surface area contributed by atoms with Crippen molar-refractivity contribution >= 4 is 23.4 Å². The molecule has 168 valence electrons. The van der Waals surface area contributed by atoms with Gasteiger partial charge in [-0.1, -0.05) is 48.7 Å². The number of hydrogen-bond donors (Lipinski definition) is 4. The van der Waals surface area contributed by atoms with Crippen LogP contribution >= 0.6 is 23.4 Å². The molecule has 0 radical (unpaired) electrons. The molecule has 1 saturated carbocycles. The third kappa shape index (κ3) is 5.28. The molecule has 1 saturated heterocycles. The highest BCUT2D eigenvalue weighted by molar-refractivity contribution is 8.00. The van der Waals surface area contributed by atoms with Gasteiger partial charge in [0.15, 0.2) is 0 Å². The van der Waals surface area contributed by atoms with E-state index in [1.54, 1.807) is 12.1 Å². The standard InChI is InChI=1S/C24H29ClO5S/c25-19-10-7-15(24-23(29)22(28)21(27)20(13-26)30-24)12-16(19)11-14-5-8-18(9-6-14)31-17-3-1-2-4-17/h5-10,12,17,20-24,26-29H,1-4,11,13H2/t20-,21-,22+,23-,24+/m1/s1. The lowest BCUT2D eigenvalue weighted by Crippen LogP contribution is -2.55. The van der Waals surface area contributed by atoms with Crippen LogP contribution in [0, 0.1) is 0 Å². The van der Waals surface area contributed by atoms with Gasteiger partial charge in [-0.3, -0.25) is 0 Å². The fraction of sp³-hybridized carbons (Fsp3) is 0.500. The van der Waals surface area contributed by atoms with Gasteiger partial charge in [0.1, 0.15) is 30.5 Å². The predicted molar refractivity (Wildman–Crippen MR) is 122 cm³/mol. The van der Waals surface area contributed by atoms with Crippen molar-refractivity contribution in [1.29, 1.82) is 0 Å². The van der Waals surface area contributed by atoms with Crippen LogP contribution in [0.2, 0.25) is 5.02 Å². The molecule has 0 aromatic heterocycles. The number of thioether (sulfide) groups is 1. The number of aliphatic hydroxyl groups is 4. The SMILES string of the molecule is OC[C@H]1O[C@@H](c2ccc(Cl)c(Cc3ccc(SC4CCCC4)cc3)c2)[C@H](O)[C@@H](O)[C@@H]1O. The first-order valence-corrected chi connectivity index (χ1v) is 12.1. The van der Waals surface area contributed by atoms with E-state index in [9.17, 15) is 20.4 Å². The van der Waals surface area contributed by atoms with Crippen molar-refractivity contribution in [2.45, 2.75) is 72.8 Å². The van der Waals surface area contributed by atoms with Crippen LogP contribution in [-0.2, 0) is 11.2 Å². The fourth-order valence-electron chi connectivity index (χ4n) is 4.39. The lowest BCUT2D eigenvalue weighted by molar-refractivity contribution is -0.231. The van der Waals surface area contributed by atoms with Crippen LogP contribution in [0.15, 0.2) is 47.4 Å². The van der Waals surface area contributed by atoms with Crippen molar-refractivity contribution in [3.8, 4) is 0 Å². The van der Waals surface area contributed by atoms with E-state index in [1.807, 2.05) is 17.8 Å². The maximum Gasteiger partial charge on any atom is 0.113 e. The van der Waals surface area contributed by atoms with E-state index in [-0.39, 0.29) is 0 Å². The molecule has 0 unspecified atom stereocenters. The van der Waals surface area contributed by atoms with Gasteiger partial charge >= 0.3 is 0 Å². The molecule has 2 aliphatic rings. The van der Waals surface area contributed by atoms with Crippen molar-refractivity contribution in [1.82, 2.24) is 0 Å². The Morgan fingerprint density at radius 3 is 2.32 bits per heavy atom. The summed E-state index contributed by atoms with van der Waals surface area (Å²) in [7, 11) is 0. The minimum atomic E-state index is -1.40. The van der Waals surface area contributed by atoms with Crippen LogP contribution < -0.4 is 0 Å². The lowest BCUT2D eigenvalue weighted by Gasteiger charge is -2.40. The molecule has 0 amide bonds. The Morgan fingerprint density at radius 2 is 1.65 bits per heavy atom. The fourth-order valence-corrected chi connectivity index (χ4v) is 5.82. The highest BCUT2D eigenvalue weighted by Gasteiger charge is 2.44. The highest BCUT2D eigenvalue weighted by atomic mass is 35.5. The molecule has 1 aliphatic heterocycles. The highest BCUT2D eigenvalue weighted by Crippen LogP contribution is 2.36. The molecular weight excluding hydrogens is 436 g/mol. The first-order valence-electron chi connectivity index (χ1n) is 10.8. The molecule has 2 fully saturated rings. The Morgan fingerprint density at radius 1 is 0.935 bits per heavy atom. The zero-order valence-electron chi connectivity index (χ0n) is 17.2. The summed E-state index contributed by atoms with van der Waals surface area (Å²) in [5.41, 5.74) is 2.65. The van der Waals surface area contributed by atoms with Gasteiger partial charge in [0.05, 0.1) is 6.61 Å². The predicted octanol–water partition coefficient (Wildman–Crippen LogP) is 3.48. The average Bonchev–Trinajstić information content (AvgIpc) is 3.28. The monoisotopic (exact) mass is 464 g/mol. The summed E-state index contributed by atoms with van der Waals surface area (Å²) in [5.74, 6) is 0. The van der Waals surface area contributed by atoms with Gasteiger partial charge in [0, 0.05) is 15.2 Å². The van der Waals surface area contributed by atoms with E-state index in [0.29, 0.717) is 17.0 Å². The van der Waals surface area contributed by atoms with Gasteiger partial charge in [-0.15, -0.1) is 11.8 Å². The number of rotatable bonds is 6. The van der Waals surface area contributed by atoms with Gasteiger partial charge in [-0.05, 0) is 54.2 Å². The quantitative estimate of drug-likeness (QED) is 0.523. The van der Waals surface area contributed by atoms with Gasteiger partial charge in [-0.25, -0.2) is 0 Å². The second-order valence-corrected chi connectivity index (χ2v) is 10.2. The largest absolute Gasteiger partial charge is 0.394 e. The molecule has 4 rings (SSSR count). The van der Waals surface area contributed by atoms with Gasteiger partial charge in [-0.2, -0.15) is 0 Å². The Hall–Kier alpha value is -1.12. The molecule has 0 spiro atoms. The maximum atomic E-state index is 10.4. The minimum Gasteiger partial charge on any atom is -0.394 e. The third-order valence-corrected chi connectivity index (χ3v) is 7.93. The van der Waals surface area contributed by atoms with Crippen molar-refractivity contribution in [2.24, 2.45) is 0 Å². The molecule has 2 aromatic carbocycles. The zero-order chi connectivity index (χ0) is 22.0. The Balaban J connectivity index is 1.49. The molecule has 5 nitrogen and oxygen atoms in total.